The molecular formula is C13H17NO2. The van der Waals surface area contributed by atoms with Gasteiger partial charge in [-0.3, -0.25) is 0 Å². The van der Waals surface area contributed by atoms with Crippen LogP contribution in [0.2, 0.25) is 0 Å². The van der Waals surface area contributed by atoms with Crippen molar-refractivity contribution in [3.8, 4) is 11.5 Å². The fourth-order valence-corrected chi connectivity index (χ4v) is 2.45. The molecule has 0 unspecified atom stereocenters. The summed E-state index contributed by atoms with van der Waals surface area (Å²) >= 11 is 0. The summed E-state index contributed by atoms with van der Waals surface area (Å²) in [5, 5.41) is 3.29. The van der Waals surface area contributed by atoms with Crippen LogP contribution in [-0.2, 0) is 6.42 Å². The Morgan fingerprint density at radius 3 is 2.81 bits per heavy atom. The van der Waals surface area contributed by atoms with Gasteiger partial charge in [-0.25, -0.2) is 0 Å². The molecule has 1 saturated carbocycles. The zero-order valence-electron chi connectivity index (χ0n) is 9.58. The van der Waals surface area contributed by atoms with Crippen molar-refractivity contribution in [1.29, 1.82) is 0 Å². The van der Waals surface area contributed by atoms with Gasteiger partial charge in [0.1, 0.15) is 0 Å². The molecule has 1 aliphatic carbocycles. The van der Waals surface area contributed by atoms with Crippen molar-refractivity contribution in [2.45, 2.75) is 19.3 Å². The van der Waals surface area contributed by atoms with Crippen molar-refractivity contribution >= 4 is 0 Å². The van der Waals surface area contributed by atoms with E-state index in [0.717, 1.165) is 24.5 Å². The van der Waals surface area contributed by atoms with Crippen molar-refractivity contribution < 1.29 is 9.47 Å². The molecule has 0 bridgehead atoms. The monoisotopic (exact) mass is 219 g/mol. The third-order valence-corrected chi connectivity index (χ3v) is 3.52. The highest BCUT2D eigenvalue weighted by molar-refractivity contribution is 5.44. The number of fused-ring (bicyclic) bond motifs is 1. The topological polar surface area (TPSA) is 30.5 Å². The number of ether oxygens (including phenoxy) is 2. The molecule has 2 aliphatic rings. The normalized spacial score (nSPS) is 19.8. The van der Waals surface area contributed by atoms with Gasteiger partial charge < -0.3 is 14.8 Å². The number of rotatable bonds is 4. The van der Waals surface area contributed by atoms with E-state index >= 15 is 0 Å². The average Bonchev–Trinajstić information content (AvgIpc) is 2.87. The molecule has 0 atom stereocenters. The molecular weight excluding hydrogens is 202 g/mol. The standard InChI is InChI=1S/C13H17NO2/c1-14-8-13(4-5-13)7-10-2-3-11-12(6-10)16-9-15-11/h2-3,6,14H,4-5,7-9H2,1H3. The van der Waals surface area contributed by atoms with Crippen molar-refractivity contribution in [2.75, 3.05) is 20.4 Å². The van der Waals surface area contributed by atoms with Gasteiger partial charge in [-0.05, 0) is 49.4 Å². The molecule has 0 radical (unpaired) electrons. The molecule has 3 heteroatoms. The average molecular weight is 219 g/mol. The van der Waals surface area contributed by atoms with Crippen LogP contribution in [0.15, 0.2) is 18.2 Å². The fourth-order valence-electron chi connectivity index (χ4n) is 2.45. The lowest BCUT2D eigenvalue weighted by molar-refractivity contribution is 0.174. The highest BCUT2D eigenvalue weighted by atomic mass is 16.7. The minimum Gasteiger partial charge on any atom is -0.454 e. The third-order valence-electron chi connectivity index (χ3n) is 3.52. The predicted octanol–water partition coefficient (Wildman–Crippen LogP) is 1.96. The zero-order chi connectivity index (χ0) is 11.0. The van der Waals surface area contributed by atoms with E-state index in [0.29, 0.717) is 12.2 Å². The summed E-state index contributed by atoms with van der Waals surface area (Å²) in [6, 6.07) is 6.30. The highest BCUT2D eigenvalue weighted by Gasteiger charge is 2.41. The number of hydrogen-bond donors (Lipinski definition) is 1. The Morgan fingerprint density at radius 1 is 1.25 bits per heavy atom. The predicted molar refractivity (Wildman–Crippen MR) is 61.9 cm³/mol. The van der Waals surface area contributed by atoms with Crippen LogP contribution in [0.1, 0.15) is 18.4 Å². The minimum absolute atomic E-state index is 0.362. The van der Waals surface area contributed by atoms with Gasteiger partial charge in [-0.15, -0.1) is 0 Å². The largest absolute Gasteiger partial charge is 0.454 e. The molecule has 0 saturated heterocycles. The lowest BCUT2D eigenvalue weighted by Crippen LogP contribution is -2.21. The molecule has 0 amide bonds. The van der Waals surface area contributed by atoms with Gasteiger partial charge in [0.25, 0.3) is 0 Å². The summed E-state index contributed by atoms with van der Waals surface area (Å²) in [7, 11) is 2.03. The summed E-state index contributed by atoms with van der Waals surface area (Å²) in [5.74, 6) is 1.78. The molecule has 1 aromatic carbocycles. The third kappa shape index (κ3) is 1.76. The summed E-state index contributed by atoms with van der Waals surface area (Å²) in [4.78, 5) is 0. The second-order valence-electron chi connectivity index (χ2n) is 4.89. The first-order chi connectivity index (χ1) is 7.81. The van der Waals surface area contributed by atoms with Crippen LogP contribution < -0.4 is 14.8 Å². The van der Waals surface area contributed by atoms with E-state index in [9.17, 15) is 0 Å². The molecule has 3 rings (SSSR count). The van der Waals surface area contributed by atoms with E-state index in [2.05, 4.69) is 17.4 Å². The van der Waals surface area contributed by atoms with Crippen molar-refractivity contribution in [1.82, 2.24) is 5.32 Å². The summed E-state index contributed by atoms with van der Waals surface area (Å²) in [6.07, 6.45) is 3.81. The first kappa shape index (κ1) is 9.97. The van der Waals surface area contributed by atoms with Gasteiger partial charge in [0.05, 0.1) is 0 Å². The first-order valence-electron chi connectivity index (χ1n) is 5.84. The summed E-state index contributed by atoms with van der Waals surface area (Å²) in [5.41, 5.74) is 1.86. The van der Waals surface area contributed by atoms with Crippen LogP contribution >= 0.6 is 0 Å². The summed E-state index contributed by atoms with van der Waals surface area (Å²) < 4.78 is 10.7. The van der Waals surface area contributed by atoms with Gasteiger partial charge in [-0.1, -0.05) is 6.07 Å². The lowest BCUT2D eigenvalue weighted by Gasteiger charge is -2.14. The molecule has 0 spiro atoms. The summed E-state index contributed by atoms with van der Waals surface area (Å²) in [6.45, 7) is 1.47. The zero-order valence-corrected chi connectivity index (χ0v) is 9.58. The van der Waals surface area contributed by atoms with E-state index in [1.807, 2.05) is 13.1 Å². The molecule has 1 heterocycles. The minimum atomic E-state index is 0.362. The van der Waals surface area contributed by atoms with Gasteiger partial charge in [0, 0.05) is 6.54 Å². The molecule has 1 N–H and O–H groups in total. The van der Waals surface area contributed by atoms with E-state index in [-0.39, 0.29) is 0 Å². The van der Waals surface area contributed by atoms with Crippen LogP contribution in [0.3, 0.4) is 0 Å². The Hall–Kier alpha value is -1.22. The van der Waals surface area contributed by atoms with Crippen LogP contribution in [0, 0.1) is 5.41 Å². The van der Waals surface area contributed by atoms with Gasteiger partial charge >= 0.3 is 0 Å². The van der Waals surface area contributed by atoms with Crippen molar-refractivity contribution in [3.63, 3.8) is 0 Å². The number of benzene rings is 1. The van der Waals surface area contributed by atoms with E-state index in [1.165, 1.54) is 18.4 Å². The molecule has 16 heavy (non-hydrogen) atoms. The molecule has 86 valence electrons. The van der Waals surface area contributed by atoms with E-state index < -0.39 is 0 Å². The molecule has 1 aliphatic heterocycles. The number of hydrogen-bond acceptors (Lipinski definition) is 3. The van der Waals surface area contributed by atoms with Crippen LogP contribution in [0.5, 0.6) is 11.5 Å². The number of nitrogens with one attached hydrogen (secondary N) is 1. The lowest BCUT2D eigenvalue weighted by atomic mass is 9.96. The maximum Gasteiger partial charge on any atom is 0.231 e. The fraction of sp³-hybridized carbons (Fsp3) is 0.538. The van der Waals surface area contributed by atoms with Crippen molar-refractivity contribution in [3.05, 3.63) is 23.8 Å². The smallest absolute Gasteiger partial charge is 0.231 e. The highest BCUT2D eigenvalue weighted by Crippen LogP contribution is 2.48. The quantitative estimate of drug-likeness (QED) is 0.839. The molecule has 1 aromatic rings. The van der Waals surface area contributed by atoms with E-state index in [4.69, 9.17) is 9.47 Å². The molecule has 0 aromatic heterocycles. The van der Waals surface area contributed by atoms with Gasteiger partial charge in [0.15, 0.2) is 11.5 Å². The molecule has 3 nitrogen and oxygen atoms in total. The van der Waals surface area contributed by atoms with Crippen LogP contribution in [0.4, 0.5) is 0 Å². The maximum absolute atomic E-state index is 5.40. The Morgan fingerprint density at radius 2 is 2.06 bits per heavy atom. The van der Waals surface area contributed by atoms with E-state index in [1.54, 1.807) is 0 Å². The Labute approximate surface area is 95.8 Å². The molecule has 1 fully saturated rings. The van der Waals surface area contributed by atoms with Crippen molar-refractivity contribution in [2.24, 2.45) is 5.41 Å². The Kier molecular flexibility index (Phi) is 2.28. The SMILES string of the molecule is CNCC1(Cc2ccc3c(c2)OCO3)CC1. The maximum atomic E-state index is 5.40. The Bertz CT molecular complexity index is 399. The van der Waals surface area contributed by atoms with Crippen LogP contribution in [0.25, 0.3) is 0 Å². The van der Waals surface area contributed by atoms with Crippen LogP contribution in [-0.4, -0.2) is 20.4 Å². The second kappa shape index (κ2) is 3.67. The second-order valence-corrected chi connectivity index (χ2v) is 4.89. The first-order valence-corrected chi connectivity index (χ1v) is 5.84. The van der Waals surface area contributed by atoms with Gasteiger partial charge in [-0.2, -0.15) is 0 Å². The van der Waals surface area contributed by atoms with Gasteiger partial charge in [0.2, 0.25) is 6.79 Å². The Balaban J connectivity index is 1.75.